The van der Waals surface area contributed by atoms with Gasteiger partial charge in [-0.25, -0.2) is 0 Å². The highest BCUT2D eigenvalue weighted by Crippen LogP contribution is 2.29. The Hall–Kier alpha value is -1.28. The minimum Gasteiger partial charge on any atom is -0.488 e. The van der Waals surface area contributed by atoms with Crippen molar-refractivity contribution in [3.63, 3.8) is 0 Å². The quantitative estimate of drug-likeness (QED) is 0.608. The normalized spacial score (nSPS) is 19.9. The largest absolute Gasteiger partial charge is 0.488 e. The molecule has 86 valence electrons. The molecule has 2 heteroatoms. The van der Waals surface area contributed by atoms with Crippen LogP contribution in [-0.4, -0.2) is 12.1 Å². The first-order chi connectivity index (χ1) is 7.81. The first-order valence-corrected chi connectivity index (χ1v) is 5.92. The molecule has 0 amide bonds. The van der Waals surface area contributed by atoms with Crippen LogP contribution in [0.2, 0.25) is 0 Å². The smallest absolute Gasteiger partial charge is 0.123 e. The fourth-order valence-corrected chi connectivity index (χ4v) is 2.13. The van der Waals surface area contributed by atoms with E-state index in [1.54, 1.807) is 0 Å². The maximum atomic E-state index is 6.14. The third kappa shape index (κ3) is 2.45. The second-order valence-corrected chi connectivity index (χ2v) is 4.35. The SMILES string of the molecule is C=CCCCC(N)C1Cc2ccccc2O1. The third-order valence-corrected chi connectivity index (χ3v) is 3.10. The van der Waals surface area contributed by atoms with Gasteiger partial charge in [-0.1, -0.05) is 24.3 Å². The highest BCUT2D eigenvalue weighted by atomic mass is 16.5. The molecule has 1 aliphatic heterocycles. The number of nitrogens with two attached hydrogens (primary N) is 1. The van der Waals surface area contributed by atoms with E-state index >= 15 is 0 Å². The van der Waals surface area contributed by atoms with Crippen molar-refractivity contribution in [2.24, 2.45) is 5.73 Å². The molecule has 2 unspecified atom stereocenters. The van der Waals surface area contributed by atoms with Crippen LogP contribution in [0.15, 0.2) is 36.9 Å². The molecule has 0 spiro atoms. The van der Waals surface area contributed by atoms with Gasteiger partial charge >= 0.3 is 0 Å². The molecular formula is C14H19NO. The minimum atomic E-state index is 0.132. The lowest BCUT2D eigenvalue weighted by molar-refractivity contribution is 0.192. The number of benzene rings is 1. The molecule has 1 aliphatic rings. The van der Waals surface area contributed by atoms with Crippen LogP contribution in [0, 0.1) is 0 Å². The fraction of sp³-hybridized carbons (Fsp3) is 0.429. The first kappa shape index (κ1) is 11.2. The van der Waals surface area contributed by atoms with Gasteiger partial charge in [-0.2, -0.15) is 0 Å². The van der Waals surface area contributed by atoms with Gasteiger partial charge in [0.1, 0.15) is 11.9 Å². The van der Waals surface area contributed by atoms with Crippen molar-refractivity contribution in [2.45, 2.75) is 37.8 Å². The van der Waals surface area contributed by atoms with E-state index in [1.165, 1.54) is 5.56 Å². The summed E-state index contributed by atoms with van der Waals surface area (Å²) in [5, 5.41) is 0. The Balaban J connectivity index is 1.88. The molecule has 0 saturated heterocycles. The van der Waals surface area contributed by atoms with Crippen molar-refractivity contribution in [3.05, 3.63) is 42.5 Å². The van der Waals surface area contributed by atoms with Crippen LogP contribution >= 0.6 is 0 Å². The van der Waals surface area contributed by atoms with Gasteiger partial charge in [0.15, 0.2) is 0 Å². The van der Waals surface area contributed by atoms with Crippen LogP contribution in [0.1, 0.15) is 24.8 Å². The highest BCUT2D eigenvalue weighted by Gasteiger charge is 2.27. The number of ether oxygens (including phenoxy) is 1. The Morgan fingerprint density at radius 3 is 3.06 bits per heavy atom. The van der Waals surface area contributed by atoms with Crippen molar-refractivity contribution >= 4 is 0 Å². The molecule has 0 bridgehead atoms. The summed E-state index contributed by atoms with van der Waals surface area (Å²) in [5.41, 5.74) is 7.42. The van der Waals surface area contributed by atoms with E-state index in [1.807, 2.05) is 24.3 Å². The van der Waals surface area contributed by atoms with E-state index in [2.05, 4.69) is 12.6 Å². The zero-order valence-corrected chi connectivity index (χ0v) is 9.56. The number of hydrogen-bond donors (Lipinski definition) is 1. The van der Waals surface area contributed by atoms with Gasteiger partial charge in [0.25, 0.3) is 0 Å². The number of hydrogen-bond acceptors (Lipinski definition) is 2. The van der Waals surface area contributed by atoms with Gasteiger partial charge < -0.3 is 10.5 Å². The van der Waals surface area contributed by atoms with Crippen molar-refractivity contribution < 1.29 is 4.74 Å². The average Bonchev–Trinajstić information content (AvgIpc) is 2.73. The van der Waals surface area contributed by atoms with Gasteiger partial charge in [0.2, 0.25) is 0 Å². The zero-order chi connectivity index (χ0) is 11.4. The number of para-hydroxylation sites is 1. The zero-order valence-electron chi connectivity index (χ0n) is 9.56. The van der Waals surface area contributed by atoms with Crippen molar-refractivity contribution in [3.8, 4) is 5.75 Å². The Kier molecular flexibility index (Phi) is 3.62. The molecule has 0 aromatic heterocycles. The molecule has 0 radical (unpaired) electrons. The summed E-state index contributed by atoms with van der Waals surface area (Å²) in [6.07, 6.45) is 6.18. The van der Waals surface area contributed by atoms with Gasteiger partial charge in [-0.15, -0.1) is 6.58 Å². The minimum absolute atomic E-state index is 0.132. The molecule has 2 N–H and O–H groups in total. The summed E-state index contributed by atoms with van der Waals surface area (Å²) in [5.74, 6) is 1.01. The number of allylic oxidation sites excluding steroid dienone is 1. The summed E-state index contributed by atoms with van der Waals surface area (Å²) in [7, 11) is 0. The maximum absolute atomic E-state index is 6.14. The molecular weight excluding hydrogens is 198 g/mol. The molecule has 0 aliphatic carbocycles. The van der Waals surface area contributed by atoms with Crippen molar-refractivity contribution in [2.75, 3.05) is 0 Å². The average molecular weight is 217 g/mol. The van der Waals surface area contributed by atoms with E-state index in [0.29, 0.717) is 0 Å². The molecule has 2 rings (SSSR count). The Morgan fingerprint density at radius 2 is 2.31 bits per heavy atom. The second kappa shape index (κ2) is 5.17. The molecule has 2 nitrogen and oxygen atoms in total. The van der Waals surface area contributed by atoms with Gasteiger partial charge in [0, 0.05) is 12.5 Å². The van der Waals surface area contributed by atoms with Gasteiger partial charge in [-0.3, -0.25) is 0 Å². The van der Waals surface area contributed by atoms with Gasteiger partial charge in [0.05, 0.1) is 0 Å². The van der Waals surface area contributed by atoms with Crippen LogP contribution in [0.3, 0.4) is 0 Å². The predicted octanol–water partition coefficient (Wildman–Crippen LogP) is 2.67. The molecule has 0 fully saturated rings. The summed E-state index contributed by atoms with van der Waals surface area (Å²) in [6.45, 7) is 3.72. The van der Waals surface area contributed by atoms with Crippen molar-refractivity contribution in [1.29, 1.82) is 0 Å². The number of unbranched alkanes of at least 4 members (excludes halogenated alkanes) is 1. The Morgan fingerprint density at radius 1 is 1.50 bits per heavy atom. The molecule has 1 heterocycles. The van der Waals surface area contributed by atoms with E-state index in [0.717, 1.165) is 31.4 Å². The van der Waals surface area contributed by atoms with Crippen LogP contribution < -0.4 is 10.5 Å². The van der Waals surface area contributed by atoms with E-state index in [4.69, 9.17) is 10.5 Å². The molecule has 2 atom stereocenters. The van der Waals surface area contributed by atoms with Crippen LogP contribution in [0.5, 0.6) is 5.75 Å². The second-order valence-electron chi connectivity index (χ2n) is 4.35. The maximum Gasteiger partial charge on any atom is 0.123 e. The lowest BCUT2D eigenvalue weighted by Crippen LogP contribution is -2.37. The summed E-state index contributed by atoms with van der Waals surface area (Å²) < 4.78 is 5.85. The third-order valence-electron chi connectivity index (χ3n) is 3.10. The van der Waals surface area contributed by atoms with E-state index in [-0.39, 0.29) is 12.1 Å². The standard InChI is InChI=1S/C14H19NO/c1-2-3-4-8-12(15)14-10-11-7-5-6-9-13(11)16-14/h2,5-7,9,12,14H,1,3-4,8,10,15H2. The number of fused-ring (bicyclic) bond motifs is 1. The monoisotopic (exact) mass is 217 g/mol. The highest BCUT2D eigenvalue weighted by molar-refractivity contribution is 5.37. The topological polar surface area (TPSA) is 35.2 Å². The summed E-state index contributed by atoms with van der Waals surface area (Å²) in [4.78, 5) is 0. The molecule has 1 aromatic rings. The van der Waals surface area contributed by atoms with Crippen LogP contribution in [0.4, 0.5) is 0 Å². The molecule has 1 aromatic carbocycles. The molecule has 0 saturated carbocycles. The Bertz CT molecular complexity index is 337. The molecule has 16 heavy (non-hydrogen) atoms. The number of rotatable bonds is 5. The lowest BCUT2D eigenvalue weighted by atomic mass is 10.0. The first-order valence-electron chi connectivity index (χ1n) is 5.92. The fourth-order valence-electron chi connectivity index (χ4n) is 2.13. The van der Waals surface area contributed by atoms with Gasteiger partial charge in [-0.05, 0) is 30.9 Å². The van der Waals surface area contributed by atoms with Crippen LogP contribution in [0.25, 0.3) is 0 Å². The predicted molar refractivity (Wildman–Crippen MR) is 66.6 cm³/mol. The van der Waals surface area contributed by atoms with E-state index < -0.39 is 0 Å². The van der Waals surface area contributed by atoms with Crippen LogP contribution in [-0.2, 0) is 6.42 Å². The Labute approximate surface area is 97.1 Å². The van der Waals surface area contributed by atoms with E-state index in [9.17, 15) is 0 Å². The van der Waals surface area contributed by atoms with Crippen molar-refractivity contribution in [1.82, 2.24) is 0 Å². The summed E-state index contributed by atoms with van der Waals surface area (Å²) >= 11 is 0. The lowest BCUT2D eigenvalue weighted by Gasteiger charge is -2.18. The summed E-state index contributed by atoms with van der Waals surface area (Å²) in [6, 6.07) is 8.32.